The van der Waals surface area contributed by atoms with Gasteiger partial charge in [0.2, 0.25) is 0 Å². The first-order chi connectivity index (χ1) is 10.8. The molecular weight excluding hydrogens is 276 g/mol. The summed E-state index contributed by atoms with van der Waals surface area (Å²) >= 11 is 0. The lowest BCUT2D eigenvalue weighted by Gasteiger charge is -2.21. The molecule has 122 valence electrons. The lowest BCUT2D eigenvalue weighted by Crippen LogP contribution is -2.30. The van der Waals surface area contributed by atoms with Gasteiger partial charge in [0.15, 0.2) is 0 Å². The van der Waals surface area contributed by atoms with Crippen LogP contribution in [0.2, 0.25) is 0 Å². The molecule has 1 aromatic rings. The topological polar surface area (TPSA) is 50.4 Å². The fourth-order valence-electron chi connectivity index (χ4n) is 2.87. The molecule has 1 aliphatic rings. The number of carbonyl (C=O) groups excluding carboxylic acids is 1. The zero-order chi connectivity index (χ0) is 15.6. The van der Waals surface area contributed by atoms with E-state index in [1.54, 1.807) is 0 Å². The third kappa shape index (κ3) is 5.68. The quantitative estimate of drug-likeness (QED) is 0.745. The van der Waals surface area contributed by atoms with Crippen molar-refractivity contribution < 1.29 is 9.53 Å². The summed E-state index contributed by atoms with van der Waals surface area (Å²) in [5.41, 5.74) is 2.04. The second kappa shape index (κ2) is 9.46. The van der Waals surface area contributed by atoms with E-state index in [0.29, 0.717) is 12.6 Å². The lowest BCUT2D eigenvalue weighted by molar-refractivity contribution is 0.0276. The molecule has 0 saturated heterocycles. The van der Waals surface area contributed by atoms with Gasteiger partial charge in [0.25, 0.3) is 0 Å². The highest BCUT2D eigenvalue weighted by molar-refractivity contribution is 5.90. The van der Waals surface area contributed by atoms with Crippen LogP contribution in [0.4, 0.5) is 10.5 Å². The van der Waals surface area contributed by atoms with E-state index < -0.39 is 0 Å². The van der Waals surface area contributed by atoms with E-state index in [0.717, 1.165) is 30.7 Å². The molecular formula is C18H28N2O2. The Hall–Kier alpha value is -1.55. The number of aryl methyl sites for hydroxylation is 1. The molecule has 4 heteroatoms. The average Bonchev–Trinajstić information content (AvgIpc) is 2.56. The van der Waals surface area contributed by atoms with Gasteiger partial charge in [-0.15, -0.1) is 0 Å². The van der Waals surface area contributed by atoms with Crippen LogP contribution in [-0.4, -0.2) is 25.3 Å². The summed E-state index contributed by atoms with van der Waals surface area (Å²) in [5, 5.41) is 5.80. The molecule has 1 saturated carbocycles. The normalized spacial score (nSPS) is 15.5. The van der Waals surface area contributed by atoms with E-state index in [-0.39, 0.29) is 6.03 Å². The summed E-state index contributed by atoms with van der Waals surface area (Å²) in [5.74, 6) is 0. The van der Waals surface area contributed by atoms with Gasteiger partial charge >= 0.3 is 6.03 Å². The van der Waals surface area contributed by atoms with E-state index >= 15 is 0 Å². The van der Waals surface area contributed by atoms with E-state index in [9.17, 15) is 4.79 Å². The number of nitrogens with one attached hydrogen (secondary N) is 2. The third-order valence-corrected chi connectivity index (χ3v) is 4.16. The molecule has 2 N–H and O–H groups in total. The molecule has 1 fully saturated rings. The first-order valence-corrected chi connectivity index (χ1v) is 8.54. The van der Waals surface area contributed by atoms with Crippen molar-refractivity contribution in [3.63, 3.8) is 0 Å². The SMILES string of the molecule is CCc1ccccc1NC(=O)NCCCOC1CCCCC1. The largest absolute Gasteiger partial charge is 0.378 e. The van der Waals surface area contributed by atoms with Crippen LogP contribution >= 0.6 is 0 Å². The smallest absolute Gasteiger partial charge is 0.319 e. The fraction of sp³-hybridized carbons (Fsp3) is 0.611. The minimum atomic E-state index is -0.140. The number of hydrogen-bond donors (Lipinski definition) is 2. The number of hydrogen-bond acceptors (Lipinski definition) is 2. The van der Waals surface area contributed by atoms with Crippen LogP contribution in [-0.2, 0) is 11.2 Å². The number of urea groups is 1. The average molecular weight is 304 g/mol. The molecule has 2 amide bonds. The predicted molar refractivity (Wildman–Crippen MR) is 90.3 cm³/mol. The van der Waals surface area contributed by atoms with Crippen molar-refractivity contribution in [2.24, 2.45) is 0 Å². The van der Waals surface area contributed by atoms with Crippen LogP contribution in [0.3, 0.4) is 0 Å². The Labute approximate surface area is 133 Å². The highest BCUT2D eigenvalue weighted by atomic mass is 16.5. The summed E-state index contributed by atoms with van der Waals surface area (Å²) in [6, 6.07) is 7.76. The summed E-state index contributed by atoms with van der Waals surface area (Å²) < 4.78 is 5.85. The van der Waals surface area contributed by atoms with Gasteiger partial charge in [0, 0.05) is 18.8 Å². The molecule has 2 rings (SSSR count). The van der Waals surface area contributed by atoms with Gasteiger partial charge in [-0.2, -0.15) is 0 Å². The summed E-state index contributed by atoms with van der Waals surface area (Å²) in [4.78, 5) is 11.9. The second-order valence-corrected chi connectivity index (χ2v) is 5.88. The van der Waals surface area contributed by atoms with Gasteiger partial charge in [-0.25, -0.2) is 4.79 Å². The van der Waals surface area contributed by atoms with Crippen molar-refractivity contribution in [3.8, 4) is 0 Å². The second-order valence-electron chi connectivity index (χ2n) is 5.88. The zero-order valence-corrected chi connectivity index (χ0v) is 13.6. The molecule has 0 aromatic heterocycles. The molecule has 22 heavy (non-hydrogen) atoms. The maximum atomic E-state index is 11.9. The molecule has 1 aliphatic carbocycles. The van der Waals surface area contributed by atoms with Crippen LogP contribution in [0, 0.1) is 0 Å². The van der Waals surface area contributed by atoms with Gasteiger partial charge in [0.1, 0.15) is 0 Å². The number of benzene rings is 1. The molecule has 0 spiro atoms. The molecule has 0 radical (unpaired) electrons. The maximum Gasteiger partial charge on any atom is 0.319 e. The number of ether oxygens (including phenoxy) is 1. The van der Waals surface area contributed by atoms with E-state index in [4.69, 9.17) is 4.74 Å². The van der Waals surface area contributed by atoms with Gasteiger partial charge in [-0.1, -0.05) is 44.4 Å². The zero-order valence-electron chi connectivity index (χ0n) is 13.6. The number of anilines is 1. The monoisotopic (exact) mass is 304 g/mol. The Kier molecular flexibility index (Phi) is 7.23. The highest BCUT2D eigenvalue weighted by Crippen LogP contribution is 2.20. The van der Waals surface area contributed by atoms with Crippen molar-refractivity contribution in [1.29, 1.82) is 0 Å². The first-order valence-electron chi connectivity index (χ1n) is 8.54. The van der Waals surface area contributed by atoms with Gasteiger partial charge in [0.05, 0.1) is 6.10 Å². The Morgan fingerprint density at radius 2 is 2.00 bits per heavy atom. The maximum absolute atomic E-state index is 11.9. The minimum Gasteiger partial charge on any atom is -0.378 e. The van der Waals surface area contributed by atoms with E-state index in [1.807, 2.05) is 24.3 Å². The number of rotatable bonds is 7. The predicted octanol–water partition coefficient (Wildman–Crippen LogP) is 4.11. The lowest BCUT2D eigenvalue weighted by atomic mass is 9.98. The molecule has 0 heterocycles. The number of para-hydroxylation sites is 1. The van der Waals surface area contributed by atoms with Crippen LogP contribution in [0.5, 0.6) is 0 Å². The summed E-state index contributed by atoms with van der Waals surface area (Å²) in [6.07, 6.45) is 8.54. The van der Waals surface area contributed by atoms with Crippen LogP contribution in [0.1, 0.15) is 51.0 Å². The van der Waals surface area contributed by atoms with Crippen molar-refractivity contribution in [1.82, 2.24) is 5.32 Å². The molecule has 0 atom stereocenters. The Bertz CT molecular complexity index is 456. The molecule has 4 nitrogen and oxygen atoms in total. The summed E-state index contributed by atoms with van der Waals surface area (Å²) in [6.45, 7) is 3.46. The van der Waals surface area contributed by atoms with Gasteiger partial charge < -0.3 is 15.4 Å². The van der Waals surface area contributed by atoms with Crippen molar-refractivity contribution in [2.45, 2.75) is 58.0 Å². The Morgan fingerprint density at radius 3 is 2.77 bits per heavy atom. The van der Waals surface area contributed by atoms with Gasteiger partial charge in [-0.3, -0.25) is 0 Å². The standard InChI is InChI=1S/C18H28N2O2/c1-2-15-9-6-7-12-17(15)20-18(21)19-13-8-14-22-16-10-4-3-5-11-16/h6-7,9,12,16H,2-5,8,10-11,13-14H2,1H3,(H2,19,20,21). The molecule has 1 aromatic carbocycles. The molecule has 0 aliphatic heterocycles. The van der Waals surface area contributed by atoms with Crippen molar-refractivity contribution >= 4 is 11.7 Å². The third-order valence-electron chi connectivity index (χ3n) is 4.16. The highest BCUT2D eigenvalue weighted by Gasteiger charge is 2.13. The van der Waals surface area contributed by atoms with E-state index in [2.05, 4.69) is 17.6 Å². The first kappa shape index (κ1) is 16.8. The Balaban J connectivity index is 1.59. The molecule has 0 unspecified atom stereocenters. The summed E-state index contributed by atoms with van der Waals surface area (Å²) in [7, 11) is 0. The Morgan fingerprint density at radius 1 is 1.23 bits per heavy atom. The number of carbonyl (C=O) groups is 1. The minimum absolute atomic E-state index is 0.140. The van der Waals surface area contributed by atoms with Crippen molar-refractivity contribution in [2.75, 3.05) is 18.5 Å². The van der Waals surface area contributed by atoms with Gasteiger partial charge in [-0.05, 0) is 37.3 Å². The fourth-order valence-corrected chi connectivity index (χ4v) is 2.87. The van der Waals surface area contributed by atoms with Crippen LogP contribution in [0.25, 0.3) is 0 Å². The van der Waals surface area contributed by atoms with Crippen molar-refractivity contribution in [3.05, 3.63) is 29.8 Å². The number of amides is 2. The molecule has 0 bridgehead atoms. The van der Waals surface area contributed by atoms with Crippen LogP contribution in [0.15, 0.2) is 24.3 Å². The van der Waals surface area contributed by atoms with E-state index in [1.165, 1.54) is 32.1 Å². The van der Waals surface area contributed by atoms with Crippen LogP contribution < -0.4 is 10.6 Å².